The van der Waals surface area contributed by atoms with Crippen molar-refractivity contribution in [2.24, 2.45) is 0 Å². The normalized spacial score (nSPS) is 19.3. The molecule has 0 radical (unpaired) electrons. The minimum absolute atomic E-state index is 0.179. The highest BCUT2D eigenvalue weighted by atomic mass is 16.5. The molecule has 0 spiro atoms. The molecule has 122 valence electrons. The van der Waals surface area contributed by atoms with E-state index in [2.05, 4.69) is 0 Å². The summed E-state index contributed by atoms with van der Waals surface area (Å²) < 4.78 is 5.60. The third kappa shape index (κ3) is 2.16. The zero-order chi connectivity index (χ0) is 16.7. The minimum atomic E-state index is -0.429. The molecule has 4 rings (SSSR count). The maximum absolute atomic E-state index is 12.9. The lowest BCUT2D eigenvalue weighted by molar-refractivity contribution is -0.120. The fourth-order valence-corrected chi connectivity index (χ4v) is 3.46. The zero-order valence-corrected chi connectivity index (χ0v) is 13.4. The maximum atomic E-state index is 12.9. The van der Waals surface area contributed by atoms with Gasteiger partial charge in [-0.05, 0) is 30.2 Å². The van der Waals surface area contributed by atoms with E-state index in [-0.39, 0.29) is 11.9 Å². The van der Waals surface area contributed by atoms with Gasteiger partial charge in [0.05, 0.1) is 12.3 Å². The average molecular weight is 322 g/mol. The Bertz CT molecular complexity index is 775. The number of hydrogen-bond donors (Lipinski definition) is 0. The Kier molecular flexibility index (Phi) is 3.49. The molecule has 24 heavy (non-hydrogen) atoms. The molecule has 0 aliphatic carbocycles. The van der Waals surface area contributed by atoms with Crippen LogP contribution in [0.2, 0.25) is 0 Å². The van der Waals surface area contributed by atoms with E-state index in [4.69, 9.17) is 4.74 Å². The molecular formula is C19H18N2O3. The second-order valence-corrected chi connectivity index (χ2v) is 5.97. The second-order valence-electron chi connectivity index (χ2n) is 5.97. The number of ether oxygens (including phenoxy) is 1. The first-order chi connectivity index (χ1) is 11.7. The summed E-state index contributed by atoms with van der Waals surface area (Å²) >= 11 is 0. The van der Waals surface area contributed by atoms with E-state index in [1.807, 2.05) is 43.3 Å². The van der Waals surface area contributed by atoms with Gasteiger partial charge in [-0.3, -0.25) is 4.79 Å². The summed E-state index contributed by atoms with van der Waals surface area (Å²) in [5.74, 6) is 0.376. The average Bonchev–Trinajstić information content (AvgIpc) is 2.85. The zero-order valence-electron chi connectivity index (χ0n) is 13.4. The van der Waals surface area contributed by atoms with Crippen molar-refractivity contribution in [3.63, 3.8) is 0 Å². The number of anilines is 1. The lowest BCUT2D eigenvalue weighted by Gasteiger charge is -2.28. The molecule has 2 aromatic carbocycles. The second kappa shape index (κ2) is 5.67. The summed E-state index contributed by atoms with van der Waals surface area (Å²) in [4.78, 5) is 28.7. The molecular weight excluding hydrogens is 304 g/mol. The van der Waals surface area contributed by atoms with Crippen molar-refractivity contribution in [1.82, 2.24) is 4.90 Å². The standard InChI is InChI=1S/C19H18N2O3/c1-2-24-17-10-6-5-9-15(17)21-18(22)16-11-13-7-3-4-8-14(13)12-20(16)19(21)23/h3-10,16H,2,11-12H2,1H3/t16-/m1/s1. The van der Waals surface area contributed by atoms with Crippen LogP contribution >= 0.6 is 0 Å². The number of fused-ring (bicyclic) bond motifs is 2. The van der Waals surface area contributed by atoms with Crippen LogP contribution in [-0.2, 0) is 17.8 Å². The molecule has 1 atom stereocenters. The minimum Gasteiger partial charge on any atom is -0.492 e. The van der Waals surface area contributed by atoms with Gasteiger partial charge in [0, 0.05) is 13.0 Å². The summed E-state index contributed by atoms with van der Waals surface area (Å²) in [5, 5.41) is 0. The number of imide groups is 1. The summed E-state index contributed by atoms with van der Waals surface area (Å²) in [6, 6.07) is 14.5. The number of carbonyl (C=O) groups excluding carboxylic acids is 2. The summed E-state index contributed by atoms with van der Waals surface area (Å²) in [6.45, 7) is 2.83. The SMILES string of the molecule is CCOc1ccccc1N1C(=O)[C@H]2Cc3ccccc3CN2C1=O. The fraction of sp³-hybridized carbons (Fsp3) is 0.263. The number of carbonyl (C=O) groups is 2. The largest absolute Gasteiger partial charge is 0.492 e. The van der Waals surface area contributed by atoms with Crippen LogP contribution in [0.5, 0.6) is 5.75 Å². The van der Waals surface area contributed by atoms with Crippen molar-refractivity contribution in [2.45, 2.75) is 25.9 Å². The van der Waals surface area contributed by atoms with Crippen molar-refractivity contribution in [3.05, 3.63) is 59.7 Å². The van der Waals surface area contributed by atoms with Crippen LogP contribution in [0.1, 0.15) is 18.1 Å². The van der Waals surface area contributed by atoms with Crippen LogP contribution in [0.4, 0.5) is 10.5 Å². The Balaban J connectivity index is 1.72. The predicted molar refractivity (Wildman–Crippen MR) is 90.0 cm³/mol. The van der Waals surface area contributed by atoms with Gasteiger partial charge in [-0.1, -0.05) is 36.4 Å². The first-order valence-corrected chi connectivity index (χ1v) is 8.14. The molecule has 2 aliphatic heterocycles. The highest BCUT2D eigenvalue weighted by Crippen LogP contribution is 2.36. The van der Waals surface area contributed by atoms with Crippen LogP contribution < -0.4 is 9.64 Å². The molecule has 2 aliphatic rings. The molecule has 1 saturated heterocycles. The molecule has 1 fully saturated rings. The lowest BCUT2D eigenvalue weighted by atomic mass is 9.95. The number of urea groups is 1. The van der Waals surface area contributed by atoms with Gasteiger partial charge in [-0.15, -0.1) is 0 Å². The van der Waals surface area contributed by atoms with Gasteiger partial charge < -0.3 is 9.64 Å². The topological polar surface area (TPSA) is 49.9 Å². The Hall–Kier alpha value is -2.82. The van der Waals surface area contributed by atoms with E-state index >= 15 is 0 Å². The Morgan fingerprint density at radius 1 is 1.04 bits per heavy atom. The molecule has 0 N–H and O–H groups in total. The van der Waals surface area contributed by atoms with Gasteiger partial charge in [0.1, 0.15) is 11.8 Å². The first kappa shape index (κ1) is 14.8. The van der Waals surface area contributed by atoms with Gasteiger partial charge >= 0.3 is 6.03 Å². The van der Waals surface area contributed by atoms with Crippen LogP contribution in [0, 0.1) is 0 Å². The van der Waals surface area contributed by atoms with Gasteiger partial charge in [0.25, 0.3) is 5.91 Å². The number of amides is 3. The van der Waals surface area contributed by atoms with Gasteiger partial charge in [-0.25, -0.2) is 9.69 Å². The fourth-order valence-electron chi connectivity index (χ4n) is 3.46. The maximum Gasteiger partial charge on any atom is 0.332 e. The molecule has 2 heterocycles. The molecule has 5 heteroatoms. The molecule has 0 unspecified atom stereocenters. The summed E-state index contributed by atoms with van der Waals surface area (Å²) in [5.41, 5.74) is 2.77. The highest BCUT2D eigenvalue weighted by molar-refractivity contribution is 6.22. The van der Waals surface area contributed by atoms with Crippen LogP contribution in [0.25, 0.3) is 0 Å². The van der Waals surface area contributed by atoms with Crippen LogP contribution in [0.15, 0.2) is 48.5 Å². The predicted octanol–water partition coefficient (Wildman–Crippen LogP) is 2.98. The van der Waals surface area contributed by atoms with E-state index in [9.17, 15) is 9.59 Å². The Morgan fingerprint density at radius 2 is 1.75 bits per heavy atom. The number of nitrogens with zero attached hydrogens (tertiary/aromatic N) is 2. The highest BCUT2D eigenvalue weighted by Gasteiger charge is 2.48. The third-order valence-corrected chi connectivity index (χ3v) is 4.60. The van der Waals surface area contributed by atoms with Crippen molar-refractivity contribution in [1.29, 1.82) is 0 Å². The third-order valence-electron chi connectivity index (χ3n) is 4.60. The van der Waals surface area contributed by atoms with Gasteiger partial charge in [-0.2, -0.15) is 0 Å². The van der Waals surface area contributed by atoms with Crippen molar-refractivity contribution in [2.75, 3.05) is 11.5 Å². The monoisotopic (exact) mass is 322 g/mol. The first-order valence-electron chi connectivity index (χ1n) is 8.14. The van der Waals surface area contributed by atoms with Gasteiger partial charge in [0.15, 0.2) is 0 Å². The lowest BCUT2D eigenvalue weighted by Crippen LogP contribution is -2.39. The van der Waals surface area contributed by atoms with E-state index in [1.165, 1.54) is 4.90 Å². The van der Waals surface area contributed by atoms with Crippen molar-refractivity contribution >= 4 is 17.6 Å². The molecule has 0 aromatic heterocycles. The number of para-hydroxylation sites is 2. The quantitative estimate of drug-likeness (QED) is 0.816. The Labute approximate surface area is 140 Å². The molecule has 2 aromatic rings. The van der Waals surface area contributed by atoms with Crippen LogP contribution in [-0.4, -0.2) is 29.5 Å². The smallest absolute Gasteiger partial charge is 0.332 e. The van der Waals surface area contributed by atoms with E-state index in [0.29, 0.717) is 31.0 Å². The molecule has 0 saturated carbocycles. The molecule has 0 bridgehead atoms. The summed E-state index contributed by atoms with van der Waals surface area (Å²) in [7, 11) is 0. The van der Waals surface area contributed by atoms with Crippen molar-refractivity contribution < 1.29 is 14.3 Å². The summed E-state index contributed by atoms with van der Waals surface area (Å²) in [6.07, 6.45) is 0.564. The number of benzene rings is 2. The van der Waals surface area contributed by atoms with Crippen LogP contribution in [0.3, 0.4) is 0 Å². The Morgan fingerprint density at radius 3 is 2.54 bits per heavy atom. The van der Waals surface area contributed by atoms with E-state index < -0.39 is 6.04 Å². The van der Waals surface area contributed by atoms with Gasteiger partial charge in [0.2, 0.25) is 0 Å². The number of rotatable bonds is 3. The van der Waals surface area contributed by atoms with Crippen molar-refractivity contribution in [3.8, 4) is 5.75 Å². The molecule has 5 nitrogen and oxygen atoms in total. The van der Waals surface area contributed by atoms with E-state index in [1.54, 1.807) is 17.0 Å². The molecule has 3 amide bonds. The number of hydrogen-bond acceptors (Lipinski definition) is 3. The van der Waals surface area contributed by atoms with E-state index in [0.717, 1.165) is 11.1 Å².